The Hall–Kier alpha value is -1.47. The van der Waals surface area contributed by atoms with Gasteiger partial charge in [0, 0.05) is 22.8 Å². The molecule has 1 atom stereocenters. The van der Waals surface area contributed by atoms with Gasteiger partial charge in [0.05, 0.1) is 12.6 Å². The van der Waals surface area contributed by atoms with E-state index in [1.165, 1.54) is 0 Å². The summed E-state index contributed by atoms with van der Waals surface area (Å²) in [6.07, 6.45) is 1.99. The van der Waals surface area contributed by atoms with Crippen LogP contribution in [-0.4, -0.2) is 33.9 Å². The number of ether oxygens (including phenoxy) is 1. The molecule has 7 heteroatoms. The van der Waals surface area contributed by atoms with Crippen molar-refractivity contribution in [3.63, 3.8) is 0 Å². The summed E-state index contributed by atoms with van der Waals surface area (Å²) < 4.78 is 7.94. The van der Waals surface area contributed by atoms with E-state index in [-0.39, 0.29) is 6.04 Å². The third-order valence-electron chi connectivity index (χ3n) is 3.07. The standard InChI is InChI=1S/C13H18BrN5O/c1-3-4-10(8-20-2)19-13(16-17-18-19)9-5-6-11(14)12(15)7-9/h5-7,10H,3-4,8,15H2,1-2H3. The number of anilines is 1. The minimum atomic E-state index is 0.125. The van der Waals surface area contributed by atoms with Gasteiger partial charge in [-0.3, -0.25) is 0 Å². The highest BCUT2D eigenvalue weighted by molar-refractivity contribution is 9.10. The topological polar surface area (TPSA) is 78.8 Å². The molecule has 1 aromatic heterocycles. The zero-order valence-corrected chi connectivity index (χ0v) is 13.2. The number of rotatable bonds is 6. The van der Waals surface area contributed by atoms with Crippen LogP contribution < -0.4 is 5.73 Å². The number of nitrogen functional groups attached to an aromatic ring is 1. The van der Waals surface area contributed by atoms with Gasteiger partial charge >= 0.3 is 0 Å². The first kappa shape index (κ1) is 14.9. The molecule has 108 valence electrons. The molecule has 2 rings (SSSR count). The van der Waals surface area contributed by atoms with E-state index < -0.39 is 0 Å². The number of tetrazole rings is 1. The lowest BCUT2D eigenvalue weighted by Gasteiger charge is -2.16. The lowest BCUT2D eigenvalue weighted by Crippen LogP contribution is -2.17. The summed E-state index contributed by atoms with van der Waals surface area (Å²) in [5.74, 6) is 0.708. The number of nitrogens with zero attached hydrogens (tertiary/aromatic N) is 4. The Morgan fingerprint density at radius 2 is 2.25 bits per heavy atom. The molecule has 0 bridgehead atoms. The lowest BCUT2D eigenvalue weighted by atomic mass is 10.1. The van der Waals surface area contributed by atoms with Crippen molar-refractivity contribution in [1.29, 1.82) is 0 Å². The fourth-order valence-corrected chi connectivity index (χ4v) is 2.36. The fourth-order valence-electron chi connectivity index (χ4n) is 2.11. The van der Waals surface area contributed by atoms with Crippen LogP contribution in [-0.2, 0) is 4.74 Å². The Balaban J connectivity index is 2.37. The van der Waals surface area contributed by atoms with Crippen molar-refractivity contribution in [2.75, 3.05) is 19.5 Å². The molecule has 0 fully saturated rings. The predicted octanol–water partition coefficient (Wildman–Crippen LogP) is 2.67. The zero-order chi connectivity index (χ0) is 14.5. The van der Waals surface area contributed by atoms with Gasteiger partial charge in [0.1, 0.15) is 0 Å². The molecule has 20 heavy (non-hydrogen) atoms. The highest BCUT2D eigenvalue weighted by Gasteiger charge is 2.18. The third kappa shape index (κ3) is 3.16. The number of aromatic nitrogens is 4. The van der Waals surface area contributed by atoms with Gasteiger partial charge in [-0.1, -0.05) is 13.3 Å². The Kier molecular flexibility index (Phi) is 5.08. The van der Waals surface area contributed by atoms with Gasteiger partial charge in [-0.15, -0.1) is 5.10 Å². The van der Waals surface area contributed by atoms with Gasteiger partial charge in [0.15, 0.2) is 5.82 Å². The van der Waals surface area contributed by atoms with Crippen molar-refractivity contribution in [1.82, 2.24) is 20.2 Å². The van der Waals surface area contributed by atoms with Gasteiger partial charge in [-0.05, 0) is 51.0 Å². The largest absolute Gasteiger partial charge is 0.398 e. The van der Waals surface area contributed by atoms with Crippen molar-refractivity contribution in [3.8, 4) is 11.4 Å². The molecule has 0 spiro atoms. The molecule has 0 saturated carbocycles. The monoisotopic (exact) mass is 339 g/mol. The number of hydrogen-bond acceptors (Lipinski definition) is 5. The average molecular weight is 340 g/mol. The van der Waals surface area contributed by atoms with E-state index in [2.05, 4.69) is 38.4 Å². The van der Waals surface area contributed by atoms with Crippen LogP contribution in [0.15, 0.2) is 22.7 Å². The van der Waals surface area contributed by atoms with Gasteiger partial charge < -0.3 is 10.5 Å². The molecule has 0 aliphatic heterocycles. The molecule has 0 aliphatic rings. The van der Waals surface area contributed by atoms with Crippen molar-refractivity contribution < 1.29 is 4.74 Å². The average Bonchev–Trinajstić information content (AvgIpc) is 2.91. The van der Waals surface area contributed by atoms with Crippen LogP contribution in [0.3, 0.4) is 0 Å². The van der Waals surface area contributed by atoms with Crippen molar-refractivity contribution >= 4 is 21.6 Å². The summed E-state index contributed by atoms with van der Waals surface area (Å²) in [6, 6.07) is 5.83. The van der Waals surface area contributed by atoms with E-state index in [1.807, 2.05) is 22.9 Å². The quantitative estimate of drug-likeness (QED) is 0.818. The molecule has 1 unspecified atom stereocenters. The van der Waals surface area contributed by atoms with E-state index in [9.17, 15) is 0 Å². The summed E-state index contributed by atoms with van der Waals surface area (Å²) in [7, 11) is 1.68. The molecular formula is C13H18BrN5O. The smallest absolute Gasteiger partial charge is 0.182 e. The second kappa shape index (κ2) is 6.81. The highest BCUT2D eigenvalue weighted by Crippen LogP contribution is 2.27. The van der Waals surface area contributed by atoms with Crippen LogP contribution in [0.25, 0.3) is 11.4 Å². The normalized spacial score (nSPS) is 12.6. The van der Waals surface area contributed by atoms with Crippen molar-refractivity contribution in [3.05, 3.63) is 22.7 Å². The van der Waals surface area contributed by atoms with Crippen LogP contribution in [0.1, 0.15) is 25.8 Å². The second-order valence-electron chi connectivity index (χ2n) is 4.58. The maximum absolute atomic E-state index is 5.92. The van der Waals surface area contributed by atoms with E-state index in [4.69, 9.17) is 10.5 Å². The van der Waals surface area contributed by atoms with Crippen LogP contribution in [0.4, 0.5) is 5.69 Å². The molecule has 2 aromatic rings. The molecule has 0 saturated heterocycles. The van der Waals surface area contributed by atoms with Gasteiger partial charge in [-0.2, -0.15) is 0 Å². The van der Waals surface area contributed by atoms with Crippen LogP contribution >= 0.6 is 15.9 Å². The SMILES string of the molecule is CCCC(COC)n1nnnc1-c1ccc(Br)c(N)c1. The first-order chi connectivity index (χ1) is 9.67. The Bertz CT molecular complexity index is 566. The van der Waals surface area contributed by atoms with E-state index in [0.717, 1.165) is 22.9 Å². The summed E-state index contributed by atoms with van der Waals surface area (Å²) in [6.45, 7) is 2.71. The Morgan fingerprint density at radius 3 is 2.90 bits per heavy atom. The molecule has 2 N–H and O–H groups in total. The molecule has 0 amide bonds. The number of methoxy groups -OCH3 is 1. The highest BCUT2D eigenvalue weighted by atomic mass is 79.9. The van der Waals surface area contributed by atoms with E-state index >= 15 is 0 Å². The maximum Gasteiger partial charge on any atom is 0.182 e. The summed E-state index contributed by atoms with van der Waals surface area (Å²) >= 11 is 3.39. The summed E-state index contributed by atoms with van der Waals surface area (Å²) in [4.78, 5) is 0. The Labute approximate surface area is 126 Å². The molecule has 6 nitrogen and oxygen atoms in total. The number of halogens is 1. The lowest BCUT2D eigenvalue weighted by molar-refractivity contribution is 0.144. The van der Waals surface area contributed by atoms with Gasteiger partial charge in [0.25, 0.3) is 0 Å². The number of hydrogen-bond donors (Lipinski definition) is 1. The van der Waals surface area contributed by atoms with Gasteiger partial charge in [0.2, 0.25) is 0 Å². The first-order valence-electron chi connectivity index (χ1n) is 6.49. The van der Waals surface area contributed by atoms with E-state index in [0.29, 0.717) is 18.1 Å². The van der Waals surface area contributed by atoms with E-state index in [1.54, 1.807) is 7.11 Å². The predicted molar refractivity (Wildman–Crippen MR) is 81.2 cm³/mol. The molecule has 0 aliphatic carbocycles. The van der Waals surface area contributed by atoms with Crippen molar-refractivity contribution in [2.24, 2.45) is 0 Å². The number of nitrogens with two attached hydrogens (primary N) is 1. The molecular weight excluding hydrogens is 322 g/mol. The van der Waals surface area contributed by atoms with Crippen LogP contribution in [0, 0.1) is 0 Å². The number of benzene rings is 1. The van der Waals surface area contributed by atoms with Crippen LogP contribution in [0.2, 0.25) is 0 Å². The first-order valence-corrected chi connectivity index (χ1v) is 7.28. The molecule has 0 radical (unpaired) electrons. The maximum atomic E-state index is 5.92. The second-order valence-corrected chi connectivity index (χ2v) is 5.44. The fraction of sp³-hybridized carbons (Fsp3) is 0.462. The summed E-state index contributed by atoms with van der Waals surface area (Å²) in [5.41, 5.74) is 7.48. The minimum Gasteiger partial charge on any atom is -0.398 e. The molecule has 1 heterocycles. The zero-order valence-electron chi connectivity index (χ0n) is 11.6. The van der Waals surface area contributed by atoms with Gasteiger partial charge in [-0.25, -0.2) is 4.68 Å². The Morgan fingerprint density at radius 1 is 1.45 bits per heavy atom. The minimum absolute atomic E-state index is 0.125. The molecule has 1 aromatic carbocycles. The van der Waals surface area contributed by atoms with Crippen LogP contribution in [0.5, 0.6) is 0 Å². The third-order valence-corrected chi connectivity index (χ3v) is 3.80. The van der Waals surface area contributed by atoms with Crippen molar-refractivity contribution in [2.45, 2.75) is 25.8 Å². The summed E-state index contributed by atoms with van der Waals surface area (Å²) in [5, 5.41) is 12.0.